The van der Waals surface area contributed by atoms with E-state index in [2.05, 4.69) is 47.1 Å². The highest BCUT2D eigenvalue weighted by atomic mass is 15.2. The summed E-state index contributed by atoms with van der Waals surface area (Å²) in [6.45, 7) is 6.17. The average Bonchev–Trinajstić information content (AvgIpc) is 2.46. The van der Waals surface area contributed by atoms with Crippen LogP contribution in [0.5, 0.6) is 0 Å². The number of fused-ring (bicyclic) bond motifs is 1. The molecule has 0 aliphatic carbocycles. The van der Waals surface area contributed by atoms with Gasteiger partial charge in [0, 0.05) is 17.4 Å². The van der Waals surface area contributed by atoms with Gasteiger partial charge in [-0.2, -0.15) is 5.26 Å². The van der Waals surface area contributed by atoms with Gasteiger partial charge in [-0.15, -0.1) is 0 Å². The van der Waals surface area contributed by atoms with Crippen LogP contribution in [0.15, 0.2) is 30.3 Å². The van der Waals surface area contributed by atoms with Crippen LogP contribution < -0.4 is 4.90 Å². The fraction of sp³-hybridized carbons (Fsp3) is 0.333. The summed E-state index contributed by atoms with van der Waals surface area (Å²) >= 11 is 0. The molecular formula is C18H19N3. The zero-order chi connectivity index (χ0) is 15.0. The predicted octanol–water partition coefficient (Wildman–Crippen LogP) is 4.04. The molecule has 2 aromatic rings. The minimum atomic E-state index is 0.348. The first-order valence-electron chi connectivity index (χ1n) is 7.37. The van der Waals surface area contributed by atoms with E-state index in [1.165, 1.54) is 11.3 Å². The van der Waals surface area contributed by atoms with E-state index in [-0.39, 0.29) is 0 Å². The summed E-state index contributed by atoms with van der Waals surface area (Å²) in [5.74, 6) is 0.801. The van der Waals surface area contributed by atoms with E-state index < -0.39 is 0 Å². The third-order valence-electron chi connectivity index (χ3n) is 4.19. The second-order valence-electron chi connectivity index (χ2n) is 5.78. The number of pyridine rings is 1. The van der Waals surface area contributed by atoms with Gasteiger partial charge in [-0.25, -0.2) is 4.98 Å². The maximum atomic E-state index is 9.54. The first-order chi connectivity index (χ1) is 10.1. The molecule has 0 radical (unpaired) electrons. The monoisotopic (exact) mass is 277 g/mol. The molecule has 1 aromatic heterocycles. The highest BCUT2D eigenvalue weighted by Gasteiger charge is 2.27. The molecule has 3 rings (SSSR count). The standard InChI is InChI=1S/C18H19N3/c1-12-10-13(2)20-18(16(12)11-19)21-14(3)8-9-15-6-4-5-7-17(15)21/h4-7,10,14H,8-9H2,1-3H3. The highest BCUT2D eigenvalue weighted by Crippen LogP contribution is 2.37. The van der Waals surface area contributed by atoms with Crippen molar-refractivity contribution in [3.05, 3.63) is 52.7 Å². The molecule has 1 atom stereocenters. The van der Waals surface area contributed by atoms with Crippen molar-refractivity contribution in [3.63, 3.8) is 0 Å². The highest BCUT2D eigenvalue weighted by molar-refractivity contribution is 5.71. The number of nitriles is 1. The molecular weight excluding hydrogens is 258 g/mol. The van der Waals surface area contributed by atoms with Crippen LogP contribution in [0.4, 0.5) is 11.5 Å². The molecule has 0 N–H and O–H groups in total. The molecule has 21 heavy (non-hydrogen) atoms. The fourth-order valence-corrected chi connectivity index (χ4v) is 3.14. The van der Waals surface area contributed by atoms with Gasteiger partial charge in [0.1, 0.15) is 6.07 Å². The summed E-state index contributed by atoms with van der Waals surface area (Å²) in [6.07, 6.45) is 2.16. The van der Waals surface area contributed by atoms with Crippen molar-refractivity contribution in [1.82, 2.24) is 4.98 Å². The Bertz CT molecular complexity index is 728. The number of rotatable bonds is 1. The lowest BCUT2D eigenvalue weighted by atomic mass is 9.95. The number of benzene rings is 1. The smallest absolute Gasteiger partial charge is 0.151 e. The van der Waals surface area contributed by atoms with Gasteiger partial charge in [-0.3, -0.25) is 0 Å². The Morgan fingerprint density at radius 1 is 1.29 bits per heavy atom. The van der Waals surface area contributed by atoms with Crippen LogP contribution in [0.25, 0.3) is 0 Å². The summed E-state index contributed by atoms with van der Waals surface area (Å²) in [5, 5.41) is 9.54. The van der Waals surface area contributed by atoms with E-state index in [4.69, 9.17) is 0 Å². The molecule has 0 spiro atoms. The second kappa shape index (κ2) is 5.21. The van der Waals surface area contributed by atoms with Crippen LogP contribution in [0, 0.1) is 25.2 Å². The van der Waals surface area contributed by atoms with Gasteiger partial charge in [0.25, 0.3) is 0 Å². The van der Waals surface area contributed by atoms with E-state index >= 15 is 0 Å². The molecule has 1 unspecified atom stereocenters. The maximum Gasteiger partial charge on any atom is 0.151 e. The van der Waals surface area contributed by atoms with Gasteiger partial charge in [-0.1, -0.05) is 18.2 Å². The van der Waals surface area contributed by atoms with Crippen molar-refractivity contribution in [3.8, 4) is 6.07 Å². The van der Waals surface area contributed by atoms with Crippen molar-refractivity contribution >= 4 is 11.5 Å². The Morgan fingerprint density at radius 3 is 2.81 bits per heavy atom. The lowest BCUT2D eigenvalue weighted by molar-refractivity contribution is 0.612. The third-order valence-corrected chi connectivity index (χ3v) is 4.19. The molecule has 1 aromatic carbocycles. The first-order valence-corrected chi connectivity index (χ1v) is 7.37. The Morgan fingerprint density at radius 2 is 2.05 bits per heavy atom. The minimum Gasteiger partial charge on any atom is -0.322 e. The predicted molar refractivity (Wildman–Crippen MR) is 84.8 cm³/mol. The lowest BCUT2D eigenvalue weighted by Gasteiger charge is -2.37. The zero-order valence-electron chi connectivity index (χ0n) is 12.7. The number of aryl methyl sites for hydroxylation is 3. The summed E-state index contributed by atoms with van der Waals surface area (Å²) in [4.78, 5) is 6.91. The lowest BCUT2D eigenvalue weighted by Crippen LogP contribution is -2.34. The van der Waals surface area contributed by atoms with Crippen molar-refractivity contribution in [1.29, 1.82) is 5.26 Å². The molecule has 106 valence electrons. The molecule has 3 heteroatoms. The molecule has 0 saturated heterocycles. The van der Waals surface area contributed by atoms with Crippen molar-refractivity contribution in [2.24, 2.45) is 0 Å². The molecule has 2 heterocycles. The average molecular weight is 277 g/mol. The number of hydrogen-bond acceptors (Lipinski definition) is 3. The Kier molecular flexibility index (Phi) is 3.39. The van der Waals surface area contributed by atoms with E-state index in [1.807, 2.05) is 19.9 Å². The zero-order valence-corrected chi connectivity index (χ0v) is 12.7. The summed E-state index contributed by atoms with van der Waals surface area (Å²) < 4.78 is 0. The number of nitrogens with zero attached hydrogens (tertiary/aromatic N) is 3. The summed E-state index contributed by atoms with van der Waals surface area (Å²) in [6, 6.07) is 13.1. The molecule has 3 nitrogen and oxygen atoms in total. The molecule has 0 saturated carbocycles. The van der Waals surface area contributed by atoms with Crippen LogP contribution in [0.2, 0.25) is 0 Å². The van der Waals surface area contributed by atoms with Crippen LogP contribution in [-0.4, -0.2) is 11.0 Å². The number of aromatic nitrogens is 1. The van der Waals surface area contributed by atoms with Crippen LogP contribution >= 0.6 is 0 Å². The summed E-state index contributed by atoms with van der Waals surface area (Å²) in [7, 11) is 0. The molecule has 1 aliphatic heterocycles. The maximum absolute atomic E-state index is 9.54. The minimum absolute atomic E-state index is 0.348. The van der Waals surface area contributed by atoms with E-state index in [9.17, 15) is 5.26 Å². The van der Waals surface area contributed by atoms with Gasteiger partial charge in [0.05, 0.1) is 5.56 Å². The molecule has 1 aliphatic rings. The number of para-hydroxylation sites is 1. The Hall–Kier alpha value is -2.34. The van der Waals surface area contributed by atoms with Crippen molar-refractivity contribution < 1.29 is 0 Å². The Labute approximate surface area is 125 Å². The van der Waals surface area contributed by atoms with Gasteiger partial charge >= 0.3 is 0 Å². The number of hydrogen-bond donors (Lipinski definition) is 0. The topological polar surface area (TPSA) is 39.9 Å². The van der Waals surface area contributed by atoms with Gasteiger partial charge in [0.15, 0.2) is 5.82 Å². The first kappa shape index (κ1) is 13.6. The quantitative estimate of drug-likeness (QED) is 0.789. The van der Waals surface area contributed by atoms with Crippen LogP contribution in [0.1, 0.15) is 35.7 Å². The van der Waals surface area contributed by atoms with E-state index in [1.54, 1.807) is 0 Å². The van der Waals surface area contributed by atoms with E-state index in [0.717, 1.165) is 29.9 Å². The van der Waals surface area contributed by atoms with Gasteiger partial charge in [-0.05, 0) is 56.9 Å². The normalized spacial score (nSPS) is 17.2. The van der Waals surface area contributed by atoms with Crippen molar-refractivity contribution in [2.45, 2.75) is 39.7 Å². The van der Waals surface area contributed by atoms with Crippen LogP contribution in [-0.2, 0) is 6.42 Å². The molecule has 0 fully saturated rings. The van der Waals surface area contributed by atoms with E-state index in [0.29, 0.717) is 11.6 Å². The van der Waals surface area contributed by atoms with Gasteiger partial charge in [0.2, 0.25) is 0 Å². The largest absolute Gasteiger partial charge is 0.322 e. The Balaban J connectivity index is 2.23. The van der Waals surface area contributed by atoms with Crippen LogP contribution in [0.3, 0.4) is 0 Å². The summed E-state index contributed by atoms with van der Waals surface area (Å²) in [5.41, 5.74) is 5.15. The molecule has 0 bridgehead atoms. The second-order valence-corrected chi connectivity index (χ2v) is 5.78. The third kappa shape index (κ3) is 2.27. The number of anilines is 2. The van der Waals surface area contributed by atoms with Crippen molar-refractivity contribution in [2.75, 3.05) is 4.90 Å². The fourth-order valence-electron chi connectivity index (χ4n) is 3.14. The SMILES string of the molecule is Cc1cc(C)c(C#N)c(N2c3ccccc3CCC2C)n1. The molecule has 0 amide bonds. The van der Waals surface area contributed by atoms with Gasteiger partial charge < -0.3 is 4.90 Å².